The number of unbranched alkanes of at least 4 members (excludes halogenated alkanes) is 1. The van der Waals surface area contributed by atoms with Crippen LogP contribution in [0, 0.1) is 0 Å². The van der Waals surface area contributed by atoms with Gasteiger partial charge in [-0.2, -0.15) is 0 Å². The van der Waals surface area contributed by atoms with Crippen molar-refractivity contribution < 1.29 is 39.8 Å². The first-order valence-electron chi connectivity index (χ1n) is 14.4. The van der Waals surface area contributed by atoms with Crippen LogP contribution in [-0.2, 0) is 22.4 Å². The second-order valence-electron chi connectivity index (χ2n) is 11.0. The van der Waals surface area contributed by atoms with Gasteiger partial charge in [0.2, 0.25) is 18.1 Å². The molecule has 1 aliphatic rings. The number of nitrogens with one attached hydrogen (secondary N) is 2. The highest BCUT2D eigenvalue weighted by Crippen LogP contribution is 2.31. The van der Waals surface area contributed by atoms with E-state index in [9.17, 15) is 30.3 Å². The summed E-state index contributed by atoms with van der Waals surface area (Å²) in [4.78, 5) is 12.3. The number of aliphatic hydroxyl groups is 5. The van der Waals surface area contributed by atoms with Crippen molar-refractivity contribution in [2.75, 3.05) is 19.8 Å². The molecule has 12 nitrogen and oxygen atoms in total. The number of carbonyl (C=O) groups is 1. The molecule has 1 amide bonds. The van der Waals surface area contributed by atoms with E-state index in [1.165, 1.54) is 0 Å². The average molecular weight is 579 g/mol. The fourth-order valence-corrected chi connectivity index (χ4v) is 4.91. The molecule has 230 valence electrons. The van der Waals surface area contributed by atoms with Crippen LogP contribution in [0.1, 0.15) is 74.3 Å². The molecule has 1 aromatic heterocycles. The lowest BCUT2D eigenvalue weighted by Crippen LogP contribution is -2.60. The molecule has 0 saturated carbocycles. The first kappa shape index (κ1) is 32.9. The van der Waals surface area contributed by atoms with E-state index in [-0.39, 0.29) is 30.4 Å². The summed E-state index contributed by atoms with van der Waals surface area (Å²) in [6, 6.07) is 7.81. The SMILES string of the molecule is CC(C)c1[nH]nc(O[C@@H]2O[C@H](CO)[C@H](O)[C@H](O)[C@H]2O)c1Cc1ccc(CCCC(=O)N[C@@H](CO)CCCCN)cc1. The number of ether oxygens (including phenoxy) is 2. The van der Waals surface area contributed by atoms with Gasteiger partial charge in [0.1, 0.15) is 24.4 Å². The van der Waals surface area contributed by atoms with Gasteiger partial charge in [-0.1, -0.05) is 44.5 Å². The Morgan fingerprint density at radius 3 is 2.41 bits per heavy atom. The third-order valence-corrected chi connectivity index (χ3v) is 7.38. The van der Waals surface area contributed by atoms with Gasteiger partial charge in [-0.05, 0) is 49.3 Å². The van der Waals surface area contributed by atoms with Gasteiger partial charge in [-0.3, -0.25) is 9.89 Å². The van der Waals surface area contributed by atoms with E-state index in [0.717, 1.165) is 41.6 Å². The van der Waals surface area contributed by atoms with Crippen LogP contribution in [0.3, 0.4) is 0 Å². The number of aryl methyl sites for hydroxylation is 1. The van der Waals surface area contributed by atoms with Crippen LogP contribution in [0.15, 0.2) is 24.3 Å². The normalized spacial score (nSPS) is 23.5. The largest absolute Gasteiger partial charge is 0.443 e. The number of H-pyrrole nitrogens is 1. The molecular formula is C29H46N4O8. The zero-order valence-electron chi connectivity index (χ0n) is 23.9. The number of amides is 1. The molecule has 0 radical (unpaired) electrons. The van der Waals surface area contributed by atoms with Gasteiger partial charge in [-0.15, -0.1) is 5.10 Å². The molecular weight excluding hydrogens is 532 g/mol. The van der Waals surface area contributed by atoms with E-state index in [1.807, 2.05) is 38.1 Å². The van der Waals surface area contributed by atoms with Crippen LogP contribution >= 0.6 is 0 Å². The topological polar surface area (TPSA) is 203 Å². The van der Waals surface area contributed by atoms with Crippen molar-refractivity contribution in [2.45, 2.75) is 101 Å². The monoisotopic (exact) mass is 578 g/mol. The Hall–Kier alpha value is -2.58. The molecule has 6 atom stereocenters. The Bertz CT molecular complexity index is 1060. The molecule has 0 aliphatic carbocycles. The molecule has 0 unspecified atom stereocenters. The van der Waals surface area contributed by atoms with Gasteiger partial charge in [0.15, 0.2) is 0 Å². The first-order chi connectivity index (χ1) is 19.7. The predicted octanol–water partition coefficient (Wildman–Crippen LogP) is 0.231. The summed E-state index contributed by atoms with van der Waals surface area (Å²) in [7, 11) is 0. The summed E-state index contributed by atoms with van der Waals surface area (Å²) in [5, 5.41) is 59.7. The standard InChI is InChI=1S/C29H46N4O8/c1-17(2)24-21(28(33-32-24)41-29-27(39)26(38)25(37)22(16-35)40-29)14-19-11-9-18(10-12-19)6-5-8-23(36)31-20(15-34)7-3-4-13-30/h9-12,17,20,22,25-27,29,34-35,37-39H,3-8,13-16,30H2,1-2H3,(H,31,36)(H,32,33)/t20-,22-,25+,26+,27-,29+/m1/s1. The summed E-state index contributed by atoms with van der Waals surface area (Å²) in [6.07, 6.45) is -2.24. The average Bonchev–Trinajstić information content (AvgIpc) is 3.35. The fourth-order valence-electron chi connectivity index (χ4n) is 4.91. The van der Waals surface area contributed by atoms with Crippen molar-refractivity contribution in [3.8, 4) is 5.88 Å². The van der Waals surface area contributed by atoms with E-state index >= 15 is 0 Å². The van der Waals surface area contributed by atoms with Crippen molar-refractivity contribution in [2.24, 2.45) is 5.73 Å². The number of carbonyl (C=O) groups excluding carboxylic acids is 1. The number of aromatic nitrogens is 2. The summed E-state index contributed by atoms with van der Waals surface area (Å²) >= 11 is 0. The van der Waals surface area contributed by atoms with Gasteiger partial charge in [0, 0.05) is 24.1 Å². The molecule has 1 fully saturated rings. The number of hydrogen-bond donors (Lipinski definition) is 8. The molecule has 1 aromatic carbocycles. The smallest absolute Gasteiger partial charge is 0.238 e. The van der Waals surface area contributed by atoms with E-state index in [2.05, 4.69) is 15.5 Å². The van der Waals surface area contributed by atoms with E-state index in [1.54, 1.807) is 0 Å². The minimum Gasteiger partial charge on any atom is -0.443 e. The van der Waals surface area contributed by atoms with Gasteiger partial charge in [0.25, 0.3) is 0 Å². The van der Waals surface area contributed by atoms with Gasteiger partial charge < -0.3 is 46.1 Å². The summed E-state index contributed by atoms with van der Waals surface area (Å²) in [5.41, 5.74) is 9.22. The van der Waals surface area contributed by atoms with Crippen molar-refractivity contribution in [3.05, 3.63) is 46.6 Å². The maximum atomic E-state index is 12.3. The zero-order valence-corrected chi connectivity index (χ0v) is 23.9. The first-order valence-corrected chi connectivity index (χ1v) is 14.4. The molecule has 41 heavy (non-hydrogen) atoms. The molecule has 0 spiro atoms. The van der Waals surface area contributed by atoms with Crippen molar-refractivity contribution >= 4 is 5.91 Å². The van der Waals surface area contributed by atoms with Crippen molar-refractivity contribution in [1.82, 2.24) is 15.5 Å². The van der Waals surface area contributed by atoms with Crippen LogP contribution in [0.4, 0.5) is 0 Å². The quantitative estimate of drug-likeness (QED) is 0.127. The third kappa shape index (κ3) is 9.20. The highest BCUT2D eigenvalue weighted by Gasteiger charge is 2.45. The molecule has 1 saturated heterocycles. The van der Waals surface area contributed by atoms with Gasteiger partial charge in [0.05, 0.1) is 19.3 Å². The lowest BCUT2D eigenvalue weighted by atomic mass is 9.97. The summed E-state index contributed by atoms with van der Waals surface area (Å²) in [5.74, 6) is 0.236. The highest BCUT2D eigenvalue weighted by atomic mass is 16.7. The van der Waals surface area contributed by atoms with Crippen LogP contribution in [-0.4, -0.2) is 98.1 Å². The van der Waals surface area contributed by atoms with Crippen LogP contribution in [0.2, 0.25) is 0 Å². The number of rotatable bonds is 16. The predicted molar refractivity (Wildman–Crippen MR) is 151 cm³/mol. The Balaban J connectivity index is 1.58. The number of aromatic amines is 1. The zero-order chi connectivity index (χ0) is 29.9. The van der Waals surface area contributed by atoms with Crippen molar-refractivity contribution in [1.29, 1.82) is 0 Å². The Morgan fingerprint density at radius 1 is 1.07 bits per heavy atom. The molecule has 2 aromatic rings. The van der Waals surface area contributed by atoms with E-state index in [4.69, 9.17) is 15.2 Å². The number of benzene rings is 1. The van der Waals surface area contributed by atoms with Crippen molar-refractivity contribution in [3.63, 3.8) is 0 Å². The number of hydrogen-bond acceptors (Lipinski definition) is 10. The lowest BCUT2D eigenvalue weighted by Gasteiger charge is -2.39. The third-order valence-electron chi connectivity index (χ3n) is 7.38. The summed E-state index contributed by atoms with van der Waals surface area (Å²) in [6.45, 7) is 3.99. The second kappa shape index (κ2) is 16.2. The molecule has 2 heterocycles. The number of nitrogens with zero attached hydrogens (tertiary/aromatic N) is 1. The van der Waals surface area contributed by atoms with E-state index in [0.29, 0.717) is 32.2 Å². The minimum absolute atomic E-state index is 0.0680. The second-order valence-corrected chi connectivity index (χ2v) is 11.0. The minimum atomic E-state index is -1.55. The molecule has 3 rings (SSSR count). The Kier molecular flexibility index (Phi) is 13.0. The van der Waals surface area contributed by atoms with Crippen LogP contribution < -0.4 is 15.8 Å². The van der Waals surface area contributed by atoms with Gasteiger partial charge in [-0.25, -0.2) is 0 Å². The Labute approximate surface area is 240 Å². The van der Waals surface area contributed by atoms with E-state index < -0.39 is 37.3 Å². The molecule has 9 N–H and O–H groups in total. The molecule has 12 heteroatoms. The maximum absolute atomic E-state index is 12.3. The fraction of sp³-hybridized carbons (Fsp3) is 0.655. The van der Waals surface area contributed by atoms with Crippen LogP contribution in [0.5, 0.6) is 5.88 Å². The summed E-state index contributed by atoms with van der Waals surface area (Å²) < 4.78 is 11.4. The van der Waals surface area contributed by atoms with Gasteiger partial charge >= 0.3 is 0 Å². The number of nitrogens with two attached hydrogens (primary N) is 1. The Morgan fingerprint density at radius 2 is 1.78 bits per heavy atom. The number of aliphatic hydroxyl groups excluding tert-OH is 5. The highest BCUT2D eigenvalue weighted by molar-refractivity contribution is 5.76. The lowest BCUT2D eigenvalue weighted by molar-refractivity contribution is -0.278. The molecule has 0 bridgehead atoms. The maximum Gasteiger partial charge on any atom is 0.238 e. The van der Waals surface area contributed by atoms with Crippen LogP contribution in [0.25, 0.3) is 0 Å². The molecule has 1 aliphatic heterocycles.